The van der Waals surface area contributed by atoms with Crippen LogP contribution in [0.5, 0.6) is 5.75 Å². The molecule has 0 unspecified atom stereocenters. The third-order valence-electron chi connectivity index (χ3n) is 3.35. The van der Waals surface area contributed by atoms with Crippen LogP contribution in [0.25, 0.3) is 0 Å². The van der Waals surface area contributed by atoms with Crippen molar-refractivity contribution in [1.82, 2.24) is 5.32 Å². The van der Waals surface area contributed by atoms with Gasteiger partial charge in [-0.15, -0.1) is 11.3 Å². The number of rotatable bonds is 7. The maximum Gasteiger partial charge on any atom is 0.311 e. The minimum absolute atomic E-state index is 0.0986. The van der Waals surface area contributed by atoms with E-state index in [4.69, 9.17) is 4.74 Å². The summed E-state index contributed by atoms with van der Waals surface area (Å²) in [5.41, 5.74) is 1.02. The van der Waals surface area contributed by atoms with Crippen molar-refractivity contribution < 1.29 is 14.3 Å². The molecule has 0 fully saturated rings. The average Bonchev–Trinajstić information content (AvgIpc) is 3.06. The van der Waals surface area contributed by atoms with Crippen LogP contribution in [0.2, 0.25) is 0 Å². The van der Waals surface area contributed by atoms with E-state index in [2.05, 4.69) is 19.2 Å². The molecule has 23 heavy (non-hydrogen) atoms. The first-order chi connectivity index (χ1) is 11.1. The van der Waals surface area contributed by atoms with Crippen LogP contribution >= 0.6 is 11.3 Å². The zero-order chi connectivity index (χ0) is 16.7. The Kier molecular flexibility index (Phi) is 6.35. The van der Waals surface area contributed by atoms with Gasteiger partial charge in [-0.05, 0) is 35.4 Å². The fraction of sp³-hybridized carbons (Fsp3) is 0.333. The van der Waals surface area contributed by atoms with Crippen molar-refractivity contribution >= 4 is 23.2 Å². The quantitative estimate of drug-likeness (QED) is 0.474. The number of esters is 1. The first-order valence-corrected chi connectivity index (χ1v) is 8.57. The smallest absolute Gasteiger partial charge is 0.311 e. The van der Waals surface area contributed by atoms with E-state index in [0.29, 0.717) is 29.5 Å². The van der Waals surface area contributed by atoms with Crippen LogP contribution in [0.3, 0.4) is 0 Å². The molecule has 2 aromatic rings. The second kappa shape index (κ2) is 8.48. The maximum absolute atomic E-state index is 11.9. The summed E-state index contributed by atoms with van der Waals surface area (Å²) in [6.07, 6.45) is 0.830. The third kappa shape index (κ3) is 5.21. The molecule has 1 N–H and O–H groups in total. The molecule has 1 aromatic carbocycles. The predicted molar refractivity (Wildman–Crippen MR) is 92.1 cm³/mol. The molecule has 4 nitrogen and oxygen atoms in total. The molecule has 0 aliphatic carbocycles. The summed E-state index contributed by atoms with van der Waals surface area (Å²) >= 11 is 1.40. The van der Waals surface area contributed by atoms with Gasteiger partial charge >= 0.3 is 5.97 Å². The molecule has 122 valence electrons. The van der Waals surface area contributed by atoms with Crippen molar-refractivity contribution in [2.24, 2.45) is 0 Å². The number of amides is 1. The Morgan fingerprint density at radius 2 is 1.96 bits per heavy atom. The van der Waals surface area contributed by atoms with E-state index in [1.807, 2.05) is 35.7 Å². The molecule has 0 spiro atoms. The number of carbonyl (C=O) groups is 2. The van der Waals surface area contributed by atoms with Crippen LogP contribution in [-0.2, 0) is 4.79 Å². The Balaban J connectivity index is 1.74. The van der Waals surface area contributed by atoms with E-state index < -0.39 is 0 Å². The van der Waals surface area contributed by atoms with Gasteiger partial charge in [-0.1, -0.05) is 38.1 Å². The molecule has 0 saturated heterocycles. The summed E-state index contributed by atoms with van der Waals surface area (Å²) < 4.78 is 5.44. The van der Waals surface area contributed by atoms with Crippen molar-refractivity contribution in [1.29, 1.82) is 0 Å². The van der Waals surface area contributed by atoms with Gasteiger partial charge in [0.2, 0.25) is 0 Å². The van der Waals surface area contributed by atoms with E-state index in [1.165, 1.54) is 11.3 Å². The van der Waals surface area contributed by atoms with E-state index in [0.717, 1.165) is 5.56 Å². The van der Waals surface area contributed by atoms with Gasteiger partial charge in [-0.2, -0.15) is 0 Å². The molecular weight excluding hydrogens is 310 g/mol. The van der Waals surface area contributed by atoms with Crippen molar-refractivity contribution in [2.45, 2.75) is 32.6 Å². The van der Waals surface area contributed by atoms with E-state index in [1.54, 1.807) is 6.07 Å². The van der Waals surface area contributed by atoms with Gasteiger partial charge in [-0.3, -0.25) is 9.59 Å². The largest absolute Gasteiger partial charge is 0.426 e. The Hall–Kier alpha value is -2.14. The molecule has 1 heterocycles. The van der Waals surface area contributed by atoms with Gasteiger partial charge in [0.05, 0.1) is 4.88 Å². The number of carbonyl (C=O) groups excluding carboxylic acids is 2. The van der Waals surface area contributed by atoms with Gasteiger partial charge in [0, 0.05) is 13.0 Å². The molecule has 0 aliphatic heterocycles. The first-order valence-electron chi connectivity index (χ1n) is 7.69. The van der Waals surface area contributed by atoms with Crippen LogP contribution in [-0.4, -0.2) is 18.4 Å². The molecule has 0 saturated carbocycles. The van der Waals surface area contributed by atoms with Gasteiger partial charge in [-0.25, -0.2) is 0 Å². The molecule has 0 bridgehead atoms. The molecule has 0 aliphatic rings. The number of benzene rings is 1. The topological polar surface area (TPSA) is 55.4 Å². The predicted octanol–water partition coefficient (Wildman–Crippen LogP) is 3.99. The SMILES string of the molecule is CC(C)c1ccccc1OC(=O)CCCNC(=O)c1cccs1. The van der Waals surface area contributed by atoms with Crippen molar-refractivity contribution in [2.75, 3.05) is 6.54 Å². The van der Waals surface area contributed by atoms with E-state index in [9.17, 15) is 9.59 Å². The van der Waals surface area contributed by atoms with Crippen LogP contribution in [0.1, 0.15) is 47.8 Å². The summed E-state index contributed by atoms with van der Waals surface area (Å²) in [7, 11) is 0. The lowest BCUT2D eigenvalue weighted by Gasteiger charge is -2.12. The summed E-state index contributed by atoms with van der Waals surface area (Å²) in [5, 5.41) is 4.66. The molecule has 1 amide bonds. The zero-order valence-corrected chi connectivity index (χ0v) is 14.2. The Labute approximate surface area is 140 Å². The van der Waals surface area contributed by atoms with Gasteiger partial charge in [0.25, 0.3) is 5.91 Å². The minimum Gasteiger partial charge on any atom is -0.426 e. The molecule has 5 heteroatoms. The molecule has 0 atom stereocenters. The first kappa shape index (κ1) is 17.2. The summed E-state index contributed by atoms with van der Waals surface area (Å²) in [5.74, 6) is 0.543. The van der Waals surface area contributed by atoms with Crippen molar-refractivity contribution in [3.8, 4) is 5.75 Å². The Bertz CT molecular complexity index is 650. The van der Waals surface area contributed by atoms with Gasteiger partial charge < -0.3 is 10.1 Å². The normalized spacial score (nSPS) is 10.6. The van der Waals surface area contributed by atoms with Gasteiger partial charge in [0.1, 0.15) is 5.75 Å². The summed E-state index contributed by atoms with van der Waals surface area (Å²) in [4.78, 5) is 24.4. The fourth-order valence-corrected chi connectivity index (χ4v) is 2.79. The zero-order valence-electron chi connectivity index (χ0n) is 13.4. The Morgan fingerprint density at radius 1 is 1.17 bits per heavy atom. The van der Waals surface area contributed by atoms with Gasteiger partial charge in [0.15, 0.2) is 0 Å². The maximum atomic E-state index is 11.9. The lowest BCUT2D eigenvalue weighted by molar-refractivity contribution is -0.134. The lowest BCUT2D eigenvalue weighted by Crippen LogP contribution is -2.24. The highest BCUT2D eigenvalue weighted by Gasteiger charge is 2.11. The number of para-hydroxylation sites is 1. The van der Waals surface area contributed by atoms with Crippen molar-refractivity contribution in [3.63, 3.8) is 0 Å². The molecule has 0 radical (unpaired) electrons. The number of hydrogen-bond donors (Lipinski definition) is 1. The minimum atomic E-state index is -0.275. The number of nitrogens with one attached hydrogen (secondary N) is 1. The van der Waals surface area contributed by atoms with E-state index in [-0.39, 0.29) is 18.3 Å². The van der Waals surface area contributed by atoms with Crippen LogP contribution in [0, 0.1) is 0 Å². The number of ether oxygens (including phenoxy) is 1. The van der Waals surface area contributed by atoms with Crippen LogP contribution in [0.15, 0.2) is 41.8 Å². The average molecular weight is 331 g/mol. The highest BCUT2D eigenvalue weighted by molar-refractivity contribution is 7.12. The summed E-state index contributed by atoms with van der Waals surface area (Å²) in [6, 6.07) is 11.2. The van der Waals surface area contributed by atoms with E-state index >= 15 is 0 Å². The molecule has 2 rings (SSSR count). The van der Waals surface area contributed by atoms with Crippen molar-refractivity contribution in [3.05, 3.63) is 52.2 Å². The second-order valence-electron chi connectivity index (χ2n) is 5.50. The Morgan fingerprint density at radius 3 is 2.65 bits per heavy atom. The number of thiophene rings is 1. The highest BCUT2D eigenvalue weighted by Crippen LogP contribution is 2.26. The van der Waals surface area contributed by atoms with Crippen LogP contribution in [0.4, 0.5) is 0 Å². The molecular formula is C18H21NO3S. The summed E-state index contributed by atoms with van der Waals surface area (Å²) in [6.45, 7) is 4.58. The standard InChI is InChI=1S/C18H21NO3S/c1-13(2)14-7-3-4-8-15(14)22-17(20)10-5-11-19-18(21)16-9-6-12-23-16/h3-4,6-9,12-13H,5,10-11H2,1-2H3,(H,19,21). The highest BCUT2D eigenvalue weighted by atomic mass is 32.1. The lowest BCUT2D eigenvalue weighted by atomic mass is 10.0. The number of hydrogen-bond acceptors (Lipinski definition) is 4. The second-order valence-corrected chi connectivity index (χ2v) is 6.45. The molecule has 1 aromatic heterocycles. The van der Waals surface area contributed by atoms with Crippen LogP contribution < -0.4 is 10.1 Å². The fourth-order valence-electron chi connectivity index (χ4n) is 2.15. The monoisotopic (exact) mass is 331 g/mol. The third-order valence-corrected chi connectivity index (χ3v) is 4.22.